The third-order valence-electron chi connectivity index (χ3n) is 4.86. The van der Waals surface area contributed by atoms with Crippen molar-refractivity contribution >= 4 is 38.0 Å². The fraction of sp³-hybridized carbons (Fsp3) is 0.160. The summed E-state index contributed by atoms with van der Waals surface area (Å²) in [5, 5.41) is 10.6. The van der Waals surface area contributed by atoms with Crippen LogP contribution in [0.15, 0.2) is 71.0 Å². The van der Waals surface area contributed by atoms with Crippen molar-refractivity contribution in [3.63, 3.8) is 0 Å². The van der Waals surface area contributed by atoms with Gasteiger partial charge in [-0.2, -0.15) is 0 Å². The molecule has 2 N–H and O–H groups in total. The summed E-state index contributed by atoms with van der Waals surface area (Å²) >= 11 is 0.870. The highest BCUT2D eigenvalue weighted by atomic mass is 32.2. The maximum atomic E-state index is 13.0. The number of fused-ring (bicyclic) bond motifs is 1. The molecule has 2 aromatic carbocycles. The third-order valence-corrected chi connectivity index (χ3v) is 8.26. The summed E-state index contributed by atoms with van der Waals surface area (Å²) in [6.07, 6.45) is 1.75. The number of carbonyl (C=O) groups is 1. The molecule has 0 aliphatic heterocycles. The molecular weight excluding hydrogens is 442 g/mol. The Morgan fingerprint density at radius 3 is 2.66 bits per heavy atom. The lowest BCUT2D eigenvalue weighted by Crippen LogP contribution is -2.25. The van der Waals surface area contributed by atoms with Gasteiger partial charge < -0.3 is 10.1 Å². The van der Waals surface area contributed by atoms with Crippen molar-refractivity contribution in [3.05, 3.63) is 88.3 Å². The molecule has 0 amide bonds. The number of aromatic nitrogens is 1. The zero-order chi connectivity index (χ0) is 26.2. The van der Waals surface area contributed by atoms with E-state index in [2.05, 4.69) is 16.8 Å². The van der Waals surface area contributed by atoms with Gasteiger partial charge in [0.05, 0.1) is 22.0 Å². The number of rotatable bonds is 6. The van der Waals surface area contributed by atoms with E-state index >= 15 is 0 Å². The number of benzene rings is 2. The number of thiophene rings is 1. The number of sulfone groups is 1. The minimum absolute atomic E-state index is 0.0274. The van der Waals surface area contributed by atoms with Gasteiger partial charge in [0.2, 0.25) is 0 Å². The van der Waals surface area contributed by atoms with Crippen LogP contribution in [0, 0.1) is 24.7 Å². The second kappa shape index (κ2) is 9.03. The normalized spacial score (nSPS) is 14.0. The Hall–Kier alpha value is -3.34. The lowest BCUT2D eigenvalue weighted by atomic mass is 10.0. The highest BCUT2D eigenvalue weighted by Gasteiger charge is 2.28. The number of hydrogen-bond donors (Lipinski definition) is 2. The van der Waals surface area contributed by atoms with Crippen LogP contribution in [0.3, 0.4) is 0 Å². The van der Waals surface area contributed by atoms with Crippen molar-refractivity contribution in [2.45, 2.75) is 17.6 Å². The van der Waals surface area contributed by atoms with Crippen molar-refractivity contribution < 1.29 is 23.8 Å². The molecule has 0 bridgehead atoms. The summed E-state index contributed by atoms with van der Waals surface area (Å²) in [7, 11) is -3.93. The van der Waals surface area contributed by atoms with Crippen LogP contribution >= 0.6 is 11.3 Å². The van der Waals surface area contributed by atoms with Crippen LogP contribution in [0.25, 0.3) is 10.9 Å². The Labute approximate surface area is 196 Å². The summed E-state index contributed by atoms with van der Waals surface area (Å²) in [6.45, 7) is 1.50. The Kier molecular flexibility index (Phi) is 4.87. The van der Waals surface area contributed by atoms with Crippen LogP contribution in [-0.4, -0.2) is 30.2 Å². The molecule has 4 aromatic rings. The van der Waals surface area contributed by atoms with Crippen LogP contribution in [-0.2, 0) is 21.1 Å². The molecule has 2 heterocycles. The average Bonchev–Trinajstić information content (AvgIpc) is 3.49. The molecule has 0 aliphatic rings. The van der Waals surface area contributed by atoms with Gasteiger partial charge in [0.1, 0.15) is 4.21 Å². The Morgan fingerprint density at radius 1 is 1.16 bits per heavy atom. The quantitative estimate of drug-likeness (QED) is 0.404. The van der Waals surface area contributed by atoms with Gasteiger partial charge in [-0.05, 0) is 49.2 Å². The molecule has 0 fully saturated rings. The molecule has 5 nitrogen and oxygen atoms in total. The number of aromatic amines is 1. The zero-order valence-electron chi connectivity index (χ0n) is 21.0. The van der Waals surface area contributed by atoms with Crippen molar-refractivity contribution in [2.24, 2.45) is 5.92 Å². The number of para-hydroxylation sites is 1. The average molecular weight is 468 g/mol. The topological polar surface area (TPSA) is 87.2 Å². The van der Waals surface area contributed by atoms with Crippen molar-refractivity contribution in [1.82, 2.24) is 4.98 Å². The fourth-order valence-corrected chi connectivity index (χ4v) is 6.05. The largest absolute Gasteiger partial charge is 0.481 e. The van der Waals surface area contributed by atoms with E-state index < -0.39 is 27.5 Å². The maximum Gasteiger partial charge on any atom is 0.307 e. The molecule has 4 rings (SSSR count). The Morgan fingerprint density at radius 2 is 1.91 bits per heavy atom. The van der Waals surface area contributed by atoms with Gasteiger partial charge in [-0.1, -0.05) is 47.7 Å². The molecular formula is C25H21NO4S2. The molecule has 2 aromatic heterocycles. The van der Waals surface area contributed by atoms with E-state index in [1.165, 1.54) is 19.1 Å². The Bertz CT molecular complexity index is 1630. The number of hydrogen-bond acceptors (Lipinski definition) is 4. The molecule has 0 saturated carbocycles. The van der Waals surface area contributed by atoms with Gasteiger partial charge in [-0.3, -0.25) is 4.79 Å². The highest BCUT2D eigenvalue weighted by Crippen LogP contribution is 2.26. The number of nitrogens with one attached hydrogen (secondary N) is 1. The highest BCUT2D eigenvalue weighted by molar-refractivity contribution is 7.93. The number of carboxylic acid groups (broad SMARTS) is 1. The van der Waals surface area contributed by atoms with E-state index in [4.69, 9.17) is 5.48 Å². The zero-order valence-corrected chi connectivity index (χ0v) is 18.7. The predicted molar refractivity (Wildman–Crippen MR) is 127 cm³/mol. The van der Waals surface area contributed by atoms with Gasteiger partial charge >= 0.3 is 5.97 Å². The first-order chi connectivity index (χ1) is 17.0. The number of aliphatic carboxylic acids is 1. The summed E-state index contributed by atoms with van der Waals surface area (Å²) in [6, 6.07) is 9.37. The van der Waals surface area contributed by atoms with Crippen LogP contribution in [0.2, 0.25) is 0 Å². The van der Waals surface area contributed by atoms with Crippen LogP contribution in [0.4, 0.5) is 0 Å². The van der Waals surface area contributed by atoms with E-state index in [1.807, 2.05) is 24.3 Å². The maximum absolute atomic E-state index is 13.0. The molecule has 0 spiro atoms. The fourth-order valence-electron chi connectivity index (χ4n) is 3.25. The lowest BCUT2D eigenvalue weighted by Gasteiger charge is -2.11. The Balaban J connectivity index is 1.58. The number of H-pyrrole nitrogens is 1. The predicted octanol–water partition coefficient (Wildman–Crippen LogP) is 4.65. The van der Waals surface area contributed by atoms with E-state index in [9.17, 15) is 18.3 Å². The third kappa shape index (κ3) is 4.93. The van der Waals surface area contributed by atoms with Gasteiger partial charge in [0.15, 0.2) is 9.84 Å². The SMILES string of the molecule is [2H]c1c([2H])c(C#Cc2ccc(S(=O)(=O)C[C@H](Cc3c[nH]c4ccccc34)C(=O)O)s2)c([2H])c([2H])c1C. The van der Waals surface area contributed by atoms with Crippen LogP contribution in [0.1, 0.15) is 27.1 Å². The summed E-state index contributed by atoms with van der Waals surface area (Å²) < 4.78 is 58.0. The first-order valence-electron chi connectivity index (χ1n) is 11.7. The second-order valence-electron chi connectivity index (χ2n) is 7.25. The summed E-state index contributed by atoms with van der Waals surface area (Å²) in [4.78, 5) is 15.3. The van der Waals surface area contributed by atoms with Gasteiger partial charge in [0, 0.05) is 22.7 Å². The lowest BCUT2D eigenvalue weighted by molar-refractivity contribution is -0.140. The monoisotopic (exact) mass is 467 g/mol. The van der Waals surface area contributed by atoms with Crippen molar-refractivity contribution in [3.8, 4) is 11.8 Å². The van der Waals surface area contributed by atoms with Crippen LogP contribution in [0.5, 0.6) is 0 Å². The molecule has 0 unspecified atom stereocenters. The van der Waals surface area contributed by atoms with Crippen molar-refractivity contribution in [2.75, 3.05) is 5.75 Å². The van der Waals surface area contributed by atoms with E-state index in [1.54, 1.807) is 6.20 Å². The van der Waals surface area contributed by atoms with Gasteiger partial charge in [0.25, 0.3) is 0 Å². The minimum atomic E-state index is -3.93. The minimum Gasteiger partial charge on any atom is -0.481 e. The molecule has 32 heavy (non-hydrogen) atoms. The second-order valence-corrected chi connectivity index (χ2v) is 10.6. The molecule has 7 heteroatoms. The van der Waals surface area contributed by atoms with E-state index in [0.717, 1.165) is 27.8 Å². The van der Waals surface area contributed by atoms with Gasteiger partial charge in [-0.15, -0.1) is 11.3 Å². The standard InChI is InChI=1S/C25H21NO4S2/c1-17-6-8-18(9-7-17)10-11-21-12-13-24(31-21)32(29,30)16-20(25(27)28)14-19-15-26-23-5-3-2-4-22(19)23/h2-9,12-13,15,20,26H,14,16H2,1H3,(H,27,28)/t20-/m0/s1/i6D,7D,8D,9D. The van der Waals surface area contributed by atoms with Crippen LogP contribution < -0.4 is 0 Å². The van der Waals surface area contributed by atoms with Crippen molar-refractivity contribution in [1.29, 1.82) is 0 Å². The summed E-state index contributed by atoms with van der Waals surface area (Å²) in [5.41, 5.74) is 1.72. The summed E-state index contributed by atoms with van der Waals surface area (Å²) in [5.74, 6) is 2.41. The molecule has 162 valence electrons. The molecule has 1 atom stereocenters. The van der Waals surface area contributed by atoms with E-state index in [-0.39, 0.29) is 45.9 Å². The first kappa shape index (κ1) is 17.2. The van der Waals surface area contributed by atoms with E-state index in [0.29, 0.717) is 4.88 Å². The molecule has 0 saturated heterocycles. The van der Waals surface area contributed by atoms with Gasteiger partial charge in [-0.25, -0.2) is 8.42 Å². The number of carboxylic acids is 1. The molecule has 0 aliphatic carbocycles. The molecule has 0 radical (unpaired) electrons. The first-order valence-corrected chi connectivity index (χ1v) is 12.2. The smallest absolute Gasteiger partial charge is 0.307 e.